The molecule has 24 heavy (non-hydrogen) atoms. The number of hydrogen-bond acceptors (Lipinski definition) is 5. The number of benzene rings is 1. The van der Waals surface area contributed by atoms with E-state index in [0.717, 1.165) is 17.9 Å². The maximum atomic E-state index is 12.5. The standard InChI is InChI=1S/C17H26N2O4.ClH/c1-3-22-10-11-23-13-17(20)19-9-8-18-12-15(19)14-6-4-5-7-16(14)21-2;/h4-7,15,18H,3,8-13H2,1-2H3;1H. The maximum Gasteiger partial charge on any atom is 0.249 e. The second-order valence-corrected chi connectivity index (χ2v) is 5.30. The zero-order chi connectivity index (χ0) is 16.5. The quantitative estimate of drug-likeness (QED) is 0.716. The van der Waals surface area contributed by atoms with E-state index < -0.39 is 0 Å². The van der Waals surface area contributed by atoms with Gasteiger partial charge in [0.25, 0.3) is 0 Å². The van der Waals surface area contributed by atoms with E-state index in [1.165, 1.54) is 0 Å². The van der Waals surface area contributed by atoms with Gasteiger partial charge in [-0.3, -0.25) is 4.79 Å². The molecule has 1 aromatic carbocycles. The summed E-state index contributed by atoms with van der Waals surface area (Å²) in [7, 11) is 1.65. The number of para-hydroxylation sites is 1. The van der Waals surface area contributed by atoms with Crippen LogP contribution < -0.4 is 10.1 Å². The van der Waals surface area contributed by atoms with Crippen LogP contribution in [0.15, 0.2) is 24.3 Å². The summed E-state index contributed by atoms with van der Waals surface area (Å²) < 4.78 is 16.1. The van der Waals surface area contributed by atoms with Crippen LogP contribution in [0.2, 0.25) is 0 Å². The van der Waals surface area contributed by atoms with Gasteiger partial charge < -0.3 is 24.4 Å². The smallest absolute Gasteiger partial charge is 0.249 e. The van der Waals surface area contributed by atoms with Crippen molar-refractivity contribution in [2.45, 2.75) is 13.0 Å². The first-order chi connectivity index (χ1) is 11.3. The molecule has 2 rings (SSSR count). The summed E-state index contributed by atoms with van der Waals surface area (Å²) in [5.41, 5.74) is 1.02. The van der Waals surface area contributed by atoms with Gasteiger partial charge in [0.15, 0.2) is 0 Å². The minimum absolute atomic E-state index is 0. The molecule has 1 aliphatic heterocycles. The van der Waals surface area contributed by atoms with Gasteiger partial charge in [-0.15, -0.1) is 12.4 Å². The molecule has 1 amide bonds. The van der Waals surface area contributed by atoms with E-state index >= 15 is 0 Å². The Morgan fingerprint density at radius 2 is 2.04 bits per heavy atom. The van der Waals surface area contributed by atoms with Crippen LogP contribution in [0.1, 0.15) is 18.5 Å². The van der Waals surface area contributed by atoms with Gasteiger partial charge in [-0.25, -0.2) is 0 Å². The monoisotopic (exact) mass is 358 g/mol. The van der Waals surface area contributed by atoms with Crippen molar-refractivity contribution in [1.82, 2.24) is 10.2 Å². The van der Waals surface area contributed by atoms with Crippen LogP contribution in [-0.4, -0.2) is 64.0 Å². The van der Waals surface area contributed by atoms with E-state index in [-0.39, 0.29) is 31.0 Å². The molecule has 1 N–H and O–H groups in total. The number of nitrogens with one attached hydrogen (secondary N) is 1. The largest absolute Gasteiger partial charge is 0.496 e. The SMILES string of the molecule is CCOCCOCC(=O)N1CCNCC1c1ccccc1OC.Cl. The highest BCUT2D eigenvalue weighted by molar-refractivity contribution is 5.85. The van der Waals surface area contributed by atoms with E-state index in [4.69, 9.17) is 14.2 Å². The van der Waals surface area contributed by atoms with Crippen LogP contribution in [0.5, 0.6) is 5.75 Å². The van der Waals surface area contributed by atoms with Gasteiger partial charge in [-0.2, -0.15) is 0 Å². The normalized spacial score (nSPS) is 17.2. The molecule has 6 nitrogen and oxygen atoms in total. The number of rotatable bonds is 8. The van der Waals surface area contributed by atoms with Crippen LogP contribution in [0.4, 0.5) is 0 Å². The fourth-order valence-corrected chi connectivity index (χ4v) is 2.73. The summed E-state index contributed by atoms with van der Waals surface area (Å²) in [6, 6.07) is 7.79. The van der Waals surface area contributed by atoms with Gasteiger partial charge >= 0.3 is 0 Å². The Labute approximate surface area is 149 Å². The second kappa shape index (κ2) is 11.3. The summed E-state index contributed by atoms with van der Waals surface area (Å²) in [4.78, 5) is 14.4. The fraction of sp³-hybridized carbons (Fsp3) is 0.588. The Kier molecular flexibility index (Phi) is 9.71. The van der Waals surface area contributed by atoms with Crippen LogP contribution in [-0.2, 0) is 14.3 Å². The first-order valence-corrected chi connectivity index (χ1v) is 8.06. The highest BCUT2D eigenvalue weighted by Gasteiger charge is 2.29. The minimum atomic E-state index is -0.0390. The number of hydrogen-bond donors (Lipinski definition) is 1. The Hall–Kier alpha value is -1.34. The number of carbonyl (C=O) groups excluding carboxylic acids is 1. The molecule has 0 aromatic heterocycles. The molecule has 1 aliphatic rings. The summed E-state index contributed by atoms with van der Waals surface area (Å²) >= 11 is 0. The van der Waals surface area contributed by atoms with E-state index in [0.29, 0.717) is 32.9 Å². The van der Waals surface area contributed by atoms with E-state index in [1.54, 1.807) is 7.11 Å². The minimum Gasteiger partial charge on any atom is -0.496 e. The van der Waals surface area contributed by atoms with Gasteiger partial charge in [-0.05, 0) is 13.0 Å². The molecule has 1 heterocycles. The number of piperazine rings is 1. The topological polar surface area (TPSA) is 60.0 Å². The summed E-state index contributed by atoms with van der Waals surface area (Å²) in [5.74, 6) is 0.801. The van der Waals surface area contributed by atoms with Crippen molar-refractivity contribution in [2.24, 2.45) is 0 Å². The molecule has 0 spiro atoms. The molecule has 0 saturated carbocycles. The average Bonchev–Trinajstić information content (AvgIpc) is 2.61. The van der Waals surface area contributed by atoms with Crippen molar-refractivity contribution in [2.75, 3.05) is 53.2 Å². The fourth-order valence-electron chi connectivity index (χ4n) is 2.73. The Morgan fingerprint density at radius 3 is 2.79 bits per heavy atom. The third kappa shape index (κ3) is 5.63. The van der Waals surface area contributed by atoms with Crippen LogP contribution in [0.3, 0.4) is 0 Å². The number of carbonyl (C=O) groups is 1. The third-order valence-corrected chi connectivity index (χ3v) is 3.86. The molecule has 1 atom stereocenters. The molecular formula is C17H27ClN2O4. The lowest BCUT2D eigenvalue weighted by atomic mass is 10.0. The summed E-state index contributed by atoms with van der Waals surface area (Å²) in [5, 5.41) is 3.34. The van der Waals surface area contributed by atoms with E-state index in [9.17, 15) is 4.79 Å². The molecule has 136 valence electrons. The first-order valence-electron chi connectivity index (χ1n) is 8.06. The maximum absolute atomic E-state index is 12.5. The van der Waals surface area contributed by atoms with E-state index in [1.807, 2.05) is 36.1 Å². The summed E-state index contributed by atoms with van der Waals surface area (Å²) in [6.45, 7) is 5.79. The second-order valence-electron chi connectivity index (χ2n) is 5.30. The highest BCUT2D eigenvalue weighted by Crippen LogP contribution is 2.30. The van der Waals surface area contributed by atoms with Crippen molar-refractivity contribution in [3.05, 3.63) is 29.8 Å². The lowest BCUT2D eigenvalue weighted by Gasteiger charge is -2.37. The van der Waals surface area contributed by atoms with Gasteiger partial charge in [0, 0.05) is 31.8 Å². The van der Waals surface area contributed by atoms with Gasteiger partial charge in [0.05, 0.1) is 26.4 Å². The number of amides is 1. The highest BCUT2D eigenvalue weighted by atomic mass is 35.5. The van der Waals surface area contributed by atoms with Crippen molar-refractivity contribution in [3.8, 4) is 5.75 Å². The van der Waals surface area contributed by atoms with Crippen LogP contribution in [0.25, 0.3) is 0 Å². The number of ether oxygens (including phenoxy) is 3. The number of halogens is 1. The van der Waals surface area contributed by atoms with Gasteiger partial charge in [-0.1, -0.05) is 18.2 Å². The average molecular weight is 359 g/mol. The molecular weight excluding hydrogens is 332 g/mol. The molecule has 7 heteroatoms. The van der Waals surface area contributed by atoms with Crippen molar-refractivity contribution in [1.29, 1.82) is 0 Å². The predicted octanol–water partition coefficient (Wildman–Crippen LogP) is 1.64. The lowest BCUT2D eigenvalue weighted by Crippen LogP contribution is -2.49. The zero-order valence-electron chi connectivity index (χ0n) is 14.3. The molecule has 0 bridgehead atoms. The van der Waals surface area contributed by atoms with Crippen molar-refractivity contribution < 1.29 is 19.0 Å². The first kappa shape index (κ1) is 20.7. The Balaban J connectivity index is 0.00000288. The molecule has 1 saturated heterocycles. The lowest BCUT2D eigenvalue weighted by molar-refractivity contribution is -0.140. The summed E-state index contributed by atoms with van der Waals surface area (Å²) in [6.07, 6.45) is 0. The molecule has 1 fully saturated rings. The van der Waals surface area contributed by atoms with Gasteiger partial charge in [0.1, 0.15) is 12.4 Å². The zero-order valence-corrected chi connectivity index (χ0v) is 15.1. The molecule has 1 unspecified atom stereocenters. The van der Waals surface area contributed by atoms with Crippen LogP contribution in [0, 0.1) is 0 Å². The molecule has 0 aliphatic carbocycles. The number of methoxy groups -OCH3 is 1. The number of nitrogens with zero attached hydrogens (tertiary/aromatic N) is 1. The van der Waals surface area contributed by atoms with E-state index in [2.05, 4.69) is 5.32 Å². The van der Waals surface area contributed by atoms with Crippen molar-refractivity contribution in [3.63, 3.8) is 0 Å². The Bertz CT molecular complexity index is 501. The van der Waals surface area contributed by atoms with Crippen molar-refractivity contribution >= 4 is 18.3 Å². The third-order valence-electron chi connectivity index (χ3n) is 3.86. The van der Waals surface area contributed by atoms with Gasteiger partial charge in [0.2, 0.25) is 5.91 Å². The molecule has 1 aromatic rings. The predicted molar refractivity (Wildman–Crippen MR) is 94.9 cm³/mol. The van der Waals surface area contributed by atoms with Crippen LogP contribution >= 0.6 is 12.4 Å². The molecule has 0 radical (unpaired) electrons. The Morgan fingerprint density at radius 1 is 1.29 bits per heavy atom.